The Bertz CT molecular complexity index is 339. The molecule has 0 radical (unpaired) electrons. The summed E-state index contributed by atoms with van der Waals surface area (Å²) in [7, 11) is 0. The molecule has 0 unspecified atom stereocenters. The van der Waals surface area contributed by atoms with Crippen LogP contribution < -0.4 is 5.32 Å². The van der Waals surface area contributed by atoms with E-state index in [1.807, 2.05) is 13.8 Å². The minimum absolute atomic E-state index is 0.0740. The van der Waals surface area contributed by atoms with Crippen molar-refractivity contribution in [2.75, 3.05) is 0 Å². The first-order valence-corrected chi connectivity index (χ1v) is 4.95. The second kappa shape index (κ2) is 5.44. The van der Waals surface area contributed by atoms with E-state index in [0.29, 0.717) is 12.3 Å². The number of amides is 1. The molecular formula is C11H15FN2O. The number of nitrogens with one attached hydrogen (secondary N) is 1. The lowest BCUT2D eigenvalue weighted by Crippen LogP contribution is -2.24. The highest BCUT2D eigenvalue weighted by molar-refractivity contribution is 5.75. The normalized spacial score (nSPS) is 10.4. The largest absolute Gasteiger partial charge is 0.350 e. The number of aromatic nitrogens is 1. The van der Waals surface area contributed by atoms with E-state index in [0.717, 1.165) is 0 Å². The Morgan fingerprint density at radius 3 is 2.93 bits per heavy atom. The van der Waals surface area contributed by atoms with Gasteiger partial charge >= 0.3 is 0 Å². The Morgan fingerprint density at radius 1 is 1.60 bits per heavy atom. The fourth-order valence-electron chi connectivity index (χ4n) is 1.17. The maximum atomic E-state index is 13.1. The first-order chi connectivity index (χ1) is 7.09. The third kappa shape index (κ3) is 4.06. The molecule has 1 aromatic heterocycles. The fraction of sp³-hybridized carbons (Fsp3) is 0.455. The molecule has 0 aliphatic heterocycles. The minimum atomic E-state index is -0.387. The van der Waals surface area contributed by atoms with Gasteiger partial charge < -0.3 is 5.32 Å². The number of hydrogen-bond acceptors (Lipinski definition) is 2. The summed E-state index contributed by atoms with van der Waals surface area (Å²) in [4.78, 5) is 15.1. The maximum absolute atomic E-state index is 13.1. The van der Waals surface area contributed by atoms with Crippen LogP contribution in [0.25, 0.3) is 0 Å². The van der Waals surface area contributed by atoms with Gasteiger partial charge in [-0.05, 0) is 18.1 Å². The third-order valence-electron chi connectivity index (χ3n) is 1.88. The van der Waals surface area contributed by atoms with Gasteiger partial charge in [0.1, 0.15) is 5.82 Å². The van der Waals surface area contributed by atoms with Crippen LogP contribution in [-0.4, -0.2) is 10.9 Å². The van der Waals surface area contributed by atoms with Gasteiger partial charge in [0.2, 0.25) is 5.91 Å². The van der Waals surface area contributed by atoms with Gasteiger partial charge in [0.05, 0.1) is 12.2 Å². The van der Waals surface area contributed by atoms with Gasteiger partial charge in [0.25, 0.3) is 0 Å². The van der Waals surface area contributed by atoms with Crippen LogP contribution in [0.4, 0.5) is 4.39 Å². The number of nitrogens with zero attached hydrogens (tertiary/aromatic N) is 1. The number of carbonyl (C=O) groups excluding carboxylic acids is 1. The highest BCUT2D eigenvalue weighted by Crippen LogP contribution is 2.03. The molecule has 0 saturated carbocycles. The molecule has 0 aliphatic rings. The van der Waals surface area contributed by atoms with Gasteiger partial charge in [-0.15, -0.1) is 0 Å². The molecule has 1 rings (SSSR count). The first kappa shape index (κ1) is 11.6. The average molecular weight is 210 g/mol. The lowest BCUT2D eigenvalue weighted by atomic mass is 10.1. The Balaban J connectivity index is 2.44. The van der Waals surface area contributed by atoms with Crippen molar-refractivity contribution in [2.45, 2.75) is 26.8 Å². The van der Waals surface area contributed by atoms with Gasteiger partial charge in [0.15, 0.2) is 0 Å². The van der Waals surface area contributed by atoms with Crippen molar-refractivity contribution < 1.29 is 9.18 Å². The fourth-order valence-corrected chi connectivity index (χ4v) is 1.17. The maximum Gasteiger partial charge on any atom is 0.220 e. The van der Waals surface area contributed by atoms with Crippen LogP contribution in [0.5, 0.6) is 0 Å². The quantitative estimate of drug-likeness (QED) is 0.824. The van der Waals surface area contributed by atoms with Crippen LogP contribution in [0.2, 0.25) is 0 Å². The molecule has 82 valence electrons. The van der Waals surface area contributed by atoms with Crippen molar-refractivity contribution in [1.29, 1.82) is 0 Å². The van der Waals surface area contributed by atoms with Crippen LogP contribution in [0.1, 0.15) is 26.0 Å². The SMILES string of the molecule is CC(C)CC(=O)NCc1ncccc1F. The number of carbonyl (C=O) groups is 1. The zero-order valence-corrected chi connectivity index (χ0v) is 8.96. The second-order valence-electron chi connectivity index (χ2n) is 3.81. The number of rotatable bonds is 4. The van der Waals surface area contributed by atoms with E-state index in [9.17, 15) is 9.18 Å². The smallest absolute Gasteiger partial charge is 0.220 e. The van der Waals surface area contributed by atoms with Gasteiger partial charge in [-0.2, -0.15) is 0 Å². The van der Waals surface area contributed by atoms with E-state index in [1.165, 1.54) is 18.3 Å². The first-order valence-electron chi connectivity index (χ1n) is 4.95. The predicted octanol–water partition coefficient (Wildman–Crippen LogP) is 1.88. The molecule has 0 aromatic carbocycles. The molecule has 0 spiro atoms. The number of hydrogen-bond donors (Lipinski definition) is 1. The molecule has 0 atom stereocenters. The molecule has 1 aromatic rings. The number of pyridine rings is 1. The van der Waals surface area contributed by atoms with Gasteiger partial charge in [-0.1, -0.05) is 13.8 Å². The summed E-state index contributed by atoms with van der Waals surface area (Å²) >= 11 is 0. The summed E-state index contributed by atoms with van der Waals surface area (Å²) in [6.07, 6.45) is 1.96. The van der Waals surface area contributed by atoms with E-state index in [1.54, 1.807) is 0 Å². The Hall–Kier alpha value is -1.45. The summed E-state index contributed by atoms with van der Waals surface area (Å²) in [6.45, 7) is 4.07. The van der Waals surface area contributed by atoms with Crippen molar-refractivity contribution in [3.8, 4) is 0 Å². The van der Waals surface area contributed by atoms with Gasteiger partial charge in [0, 0.05) is 12.6 Å². The lowest BCUT2D eigenvalue weighted by Gasteiger charge is -2.06. The van der Waals surface area contributed by atoms with Crippen molar-refractivity contribution in [3.05, 3.63) is 29.8 Å². The second-order valence-corrected chi connectivity index (χ2v) is 3.81. The molecule has 0 bridgehead atoms. The molecule has 4 heteroatoms. The van der Waals surface area contributed by atoms with Crippen molar-refractivity contribution in [3.63, 3.8) is 0 Å². The molecule has 1 N–H and O–H groups in total. The Labute approximate surface area is 88.7 Å². The Kier molecular flexibility index (Phi) is 4.21. The third-order valence-corrected chi connectivity index (χ3v) is 1.88. The summed E-state index contributed by atoms with van der Waals surface area (Å²) < 4.78 is 13.1. The molecule has 1 heterocycles. The van der Waals surface area contributed by atoms with Gasteiger partial charge in [-0.25, -0.2) is 4.39 Å². The van der Waals surface area contributed by atoms with E-state index in [2.05, 4.69) is 10.3 Å². The predicted molar refractivity (Wildman–Crippen MR) is 55.5 cm³/mol. The van der Waals surface area contributed by atoms with Crippen LogP contribution in [0, 0.1) is 11.7 Å². The summed E-state index contributed by atoms with van der Waals surface area (Å²) in [5, 5.41) is 2.63. The zero-order valence-electron chi connectivity index (χ0n) is 8.96. The zero-order chi connectivity index (χ0) is 11.3. The molecule has 3 nitrogen and oxygen atoms in total. The molecule has 0 aliphatic carbocycles. The molecule has 15 heavy (non-hydrogen) atoms. The Morgan fingerprint density at radius 2 is 2.33 bits per heavy atom. The summed E-state index contributed by atoms with van der Waals surface area (Å²) in [5.74, 6) is -0.157. The van der Waals surface area contributed by atoms with Crippen molar-refractivity contribution in [1.82, 2.24) is 10.3 Å². The molecule has 0 fully saturated rings. The topological polar surface area (TPSA) is 42.0 Å². The van der Waals surface area contributed by atoms with E-state index in [-0.39, 0.29) is 24.0 Å². The van der Waals surface area contributed by atoms with E-state index in [4.69, 9.17) is 0 Å². The highest BCUT2D eigenvalue weighted by Gasteiger charge is 2.06. The van der Waals surface area contributed by atoms with Crippen LogP contribution >= 0.6 is 0 Å². The van der Waals surface area contributed by atoms with Crippen molar-refractivity contribution in [2.24, 2.45) is 5.92 Å². The summed E-state index contributed by atoms with van der Waals surface area (Å²) in [5.41, 5.74) is 0.273. The minimum Gasteiger partial charge on any atom is -0.350 e. The van der Waals surface area contributed by atoms with E-state index < -0.39 is 0 Å². The van der Waals surface area contributed by atoms with E-state index >= 15 is 0 Å². The molecule has 1 amide bonds. The monoisotopic (exact) mass is 210 g/mol. The summed E-state index contributed by atoms with van der Waals surface area (Å²) in [6, 6.07) is 2.85. The van der Waals surface area contributed by atoms with Gasteiger partial charge in [-0.3, -0.25) is 9.78 Å². The highest BCUT2D eigenvalue weighted by atomic mass is 19.1. The lowest BCUT2D eigenvalue weighted by molar-refractivity contribution is -0.121. The van der Waals surface area contributed by atoms with Crippen LogP contribution in [0.15, 0.2) is 18.3 Å². The van der Waals surface area contributed by atoms with Crippen molar-refractivity contribution >= 4 is 5.91 Å². The molecule has 0 saturated heterocycles. The van der Waals surface area contributed by atoms with Crippen LogP contribution in [-0.2, 0) is 11.3 Å². The average Bonchev–Trinajstić information content (AvgIpc) is 2.15. The number of halogens is 1. The molecular weight excluding hydrogens is 195 g/mol. The van der Waals surface area contributed by atoms with Crippen LogP contribution in [0.3, 0.4) is 0 Å². The standard InChI is InChI=1S/C11H15FN2O/c1-8(2)6-11(15)14-7-10-9(12)4-3-5-13-10/h3-5,8H,6-7H2,1-2H3,(H,14,15).